The zero-order valence-electron chi connectivity index (χ0n) is 12.9. The lowest BCUT2D eigenvalue weighted by molar-refractivity contribution is 0.00474. The molecular formula is C17H14F4O3. The predicted molar refractivity (Wildman–Crippen MR) is 77.1 cm³/mol. The van der Waals surface area contributed by atoms with Crippen LogP contribution in [-0.2, 0) is 9.47 Å². The third-order valence-corrected chi connectivity index (χ3v) is 3.35. The van der Waals surface area contributed by atoms with Gasteiger partial charge in [0.05, 0.1) is 0 Å². The van der Waals surface area contributed by atoms with E-state index in [0.29, 0.717) is 12.1 Å². The van der Waals surface area contributed by atoms with Crippen molar-refractivity contribution in [2.24, 2.45) is 0 Å². The molecule has 0 spiro atoms. The van der Waals surface area contributed by atoms with Crippen LogP contribution in [0.3, 0.4) is 0 Å². The molecule has 0 aliphatic rings. The fraction of sp³-hybridized carbons (Fsp3) is 0.235. The van der Waals surface area contributed by atoms with E-state index >= 15 is 0 Å². The summed E-state index contributed by atoms with van der Waals surface area (Å²) in [6.07, 6.45) is -3.24. The molecule has 2 unspecified atom stereocenters. The quantitative estimate of drug-likeness (QED) is 0.565. The minimum atomic E-state index is -1.16. The molecular weight excluding hydrogens is 328 g/mol. The first-order valence-corrected chi connectivity index (χ1v) is 7.05. The number of carbonyl (C=O) groups is 1. The van der Waals surface area contributed by atoms with E-state index in [0.717, 1.165) is 24.3 Å². The molecule has 0 saturated carbocycles. The molecule has 0 aromatic heterocycles. The SMILES string of the molecule is CC(OC(=O)OC(C)c1ccc(F)cc1F)c1ccc(F)cc1F. The van der Waals surface area contributed by atoms with Crippen LogP contribution in [0.5, 0.6) is 0 Å². The Balaban J connectivity index is 2.01. The van der Waals surface area contributed by atoms with E-state index in [1.165, 1.54) is 13.8 Å². The van der Waals surface area contributed by atoms with Gasteiger partial charge in [-0.05, 0) is 38.1 Å². The average Bonchev–Trinajstić information content (AvgIpc) is 2.46. The highest BCUT2D eigenvalue weighted by molar-refractivity contribution is 5.61. The number of carbonyl (C=O) groups excluding carboxylic acids is 1. The van der Waals surface area contributed by atoms with E-state index in [2.05, 4.69) is 0 Å². The maximum atomic E-state index is 13.6. The molecule has 0 aliphatic heterocycles. The molecule has 0 amide bonds. The number of hydrogen-bond acceptors (Lipinski definition) is 3. The first kappa shape index (κ1) is 17.8. The van der Waals surface area contributed by atoms with Gasteiger partial charge in [-0.1, -0.05) is 0 Å². The molecule has 0 bridgehead atoms. The summed E-state index contributed by atoms with van der Waals surface area (Å²) >= 11 is 0. The van der Waals surface area contributed by atoms with Crippen molar-refractivity contribution in [3.63, 3.8) is 0 Å². The van der Waals surface area contributed by atoms with Gasteiger partial charge < -0.3 is 9.47 Å². The highest BCUT2D eigenvalue weighted by Crippen LogP contribution is 2.25. The van der Waals surface area contributed by atoms with E-state index in [1.54, 1.807) is 0 Å². The summed E-state index contributed by atoms with van der Waals surface area (Å²) in [5, 5.41) is 0. The number of rotatable bonds is 4. The number of benzene rings is 2. The molecule has 0 saturated heterocycles. The lowest BCUT2D eigenvalue weighted by atomic mass is 10.1. The lowest BCUT2D eigenvalue weighted by Gasteiger charge is -2.18. The Hall–Kier alpha value is -2.57. The minimum absolute atomic E-state index is 0.0334. The third-order valence-electron chi connectivity index (χ3n) is 3.35. The standard InChI is InChI=1S/C17H14F4O3/c1-9(13-5-3-11(18)7-15(13)20)23-17(22)24-10(2)14-6-4-12(19)8-16(14)21/h3-10H,1-2H3. The molecule has 2 aromatic carbocycles. The van der Waals surface area contributed by atoms with Crippen molar-refractivity contribution in [1.29, 1.82) is 0 Å². The molecule has 0 fully saturated rings. The molecule has 2 rings (SSSR count). The molecule has 0 heterocycles. The Morgan fingerprint density at radius 3 is 1.50 bits per heavy atom. The number of ether oxygens (including phenoxy) is 2. The zero-order chi connectivity index (χ0) is 17.9. The summed E-state index contributed by atoms with van der Waals surface area (Å²) in [7, 11) is 0. The molecule has 2 atom stereocenters. The Bertz CT molecular complexity index is 687. The van der Waals surface area contributed by atoms with Crippen molar-refractivity contribution in [3.8, 4) is 0 Å². The summed E-state index contributed by atoms with van der Waals surface area (Å²) in [5.41, 5.74) is -0.0667. The largest absolute Gasteiger partial charge is 0.509 e. The Labute approximate surface area is 135 Å². The van der Waals surface area contributed by atoms with Gasteiger partial charge in [-0.2, -0.15) is 0 Å². The second kappa shape index (κ2) is 7.33. The molecule has 2 aromatic rings. The summed E-state index contributed by atoms with van der Waals surface area (Å²) < 4.78 is 62.7. The minimum Gasteiger partial charge on any atom is -0.426 e. The second-order valence-electron chi connectivity index (χ2n) is 5.10. The van der Waals surface area contributed by atoms with Gasteiger partial charge in [0.2, 0.25) is 0 Å². The average molecular weight is 342 g/mol. The van der Waals surface area contributed by atoms with Crippen molar-refractivity contribution in [2.45, 2.75) is 26.1 Å². The summed E-state index contributed by atoms with van der Waals surface area (Å²) in [4.78, 5) is 11.7. The van der Waals surface area contributed by atoms with E-state index in [9.17, 15) is 22.4 Å². The highest BCUT2D eigenvalue weighted by atomic mass is 19.1. The maximum absolute atomic E-state index is 13.6. The Morgan fingerprint density at radius 2 is 1.17 bits per heavy atom. The van der Waals surface area contributed by atoms with Crippen molar-refractivity contribution in [3.05, 3.63) is 70.8 Å². The van der Waals surface area contributed by atoms with E-state index in [-0.39, 0.29) is 11.1 Å². The maximum Gasteiger partial charge on any atom is 0.509 e. The molecule has 0 radical (unpaired) electrons. The first-order valence-electron chi connectivity index (χ1n) is 7.05. The molecule has 3 nitrogen and oxygen atoms in total. The van der Waals surface area contributed by atoms with Crippen LogP contribution >= 0.6 is 0 Å². The fourth-order valence-electron chi connectivity index (χ4n) is 2.11. The van der Waals surface area contributed by atoms with Crippen LogP contribution in [0.4, 0.5) is 22.4 Å². The summed E-state index contributed by atoms with van der Waals surface area (Å²) in [6, 6.07) is 5.67. The summed E-state index contributed by atoms with van der Waals surface area (Å²) in [5.74, 6) is -3.25. The van der Waals surface area contributed by atoms with Crippen LogP contribution in [0.25, 0.3) is 0 Å². The van der Waals surface area contributed by atoms with Crippen molar-refractivity contribution in [2.75, 3.05) is 0 Å². The summed E-state index contributed by atoms with van der Waals surface area (Å²) in [6.45, 7) is 2.75. The van der Waals surface area contributed by atoms with Gasteiger partial charge >= 0.3 is 6.16 Å². The normalized spacial score (nSPS) is 13.2. The van der Waals surface area contributed by atoms with E-state index in [4.69, 9.17) is 9.47 Å². The van der Waals surface area contributed by atoms with E-state index in [1.807, 2.05) is 0 Å². The molecule has 0 aliphatic carbocycles. The molecule has 128 valence electrons. The van der Waals surface area contributed by atoms with Crippen LogP contribution in [0.2, 0.25) is 0 Å². The van der Waals surface area contributed by atoms with Crippen LogP contribution in [0, 0.1) is 23.3 Å². The van der Waals surface area contributed by atoms with Crippen molar-refractivity contribution < 1.29 is 31.8 Å². The molecule has 24 heavy (non-hydrogen) atoms. The van der Waals surface area contributed by atoms with Gasteiger partial charge in [0, 0.05) is 23.3 Å². The first-order chi connectivity index (χ1) is 11.3. The van der Waals surface area contributed by atoms with Gasteiger partial charge in [-0.3, -0.25) is 0 Å². The van der Waals surface area contributed by atoms with Crippen LogP contribution in [-0.4, -0.2) is 6.16 Å². The van der Waals surface area contributed by atoms with Crippen molar-refractivity contribution in [1.82, 2.24) is 0 Å². The van der Waals surface area contributed by atoms with Crippen LogP contribution in [0.15, 0.2) is 36.4 Å². The van der Waals surface area contributed by atoms with Gasteiger partial charge in [0.1, 0.15) is 35.5 Å². The van der Waals surface area contributed by atoms with Crippen molar-refractivity contribution >= 4 is 6.16 Å². The predicted octanol–water partition coefficient (Wildman–Crippen LogP) is 5.22. The Kier molecular flexibility index (Phi) is 5.43. The zero-order valence-corrected chi connectivity index (χ0v) is 12.9. The molecule has 0 N–H and O–H groups in total. The smallest absolute Gasteiger partial charge is 0.426 e. The third kappa shape index (κ3) is 4.24. The number of halogens is 4. The van der Waals surface area contributed by atoms with E-state index < -0.39 is 41.6 Å². The molecule has 7 heteroatoms. The number of hydrogen-bond donors (Lipinski definition) is 0. The van der Waals surface area contributed by atoms with Crippen LogP contribution in [0.1, 0.15) is 37.2 Å². The van der Waals surface area contributed by atoms with Gasteiger partial charge in [0.15, 0.2) is 0 Å². The lowest BCUT2D eigenvalue weighted by Crippen LogP contribution is -2.15. The highest BCUT2D eigenvalue weighted by Gasteiger charge is 2.21. The van der Waals surface area contributed by atoms with Crippen LogP contribution < -0.4 is 0 Å². The van der Waals surface area contributed by atoms with Gasteiger partial charge in [0.25, 0.3) is 0 Å². The second-order valence-corrected chi connectivity index (χ2v) is 5.10. The fourth-order valence-corrected chi connectivity index (χ4v) is 2.11. The monoisotopic (exact) mass is 342 g/mol. The van der Waals surface area contributed by atoms with Gasteiger partial charge in [-0.15, -0.1) is 0 Å². The topological polar surface area (TPSA) is 35.5 Å². The Morgan fingerprint density at radius 1 is 0.792 bits per heavy atom. The van der Waals surface area contributed by atoms with Gasteiger partial charge in [-0.25, -0.2) is 22.4 Å².